The predicted octanol–water partition coefficient (Wildman–Crippen LogP) is 4.93. The van der Waals surface area contributed by atoms with Gasteiger partial charge in [0.05, 0.1) is 21.2 Å². The average Bonchev–Trinajstić information content (AvgIpc) is 3.12. The number of aryl methyl sites for hydroxylation is 2. The first-order valence-corrected chi connectivity index (χ1v) is 8.21. The minimum Gasteiger partial charge on any atom is -0.212 e. The van der Waals surface area contributed by atoms with E-state index in [2.05, 4.69) is 14.5 Å². The zero-order valence-electron chi connectivity index (χ0n) is 12.7. The molecule has 0 bridgehead atoms. The molecule has 0 atom stereocenters. The summed E-state index contributed by atoms with van der Waals surface area (Å²) in [6, 6.07) is 3.69. The predicted molar refractivity (Wildman–Crippen MR) is 86.6 cm³/mol. The molecule has 2 heterocycles. The molecule has 0 fully saturated rings. The molecule has 0 saturated heterocycles. The Bertz CT molecular complexity index is 885. The maximum atomic E-state index is 13.1. The van der Waals surface area contributed by atoms with Crippen LogP contribution < -0.4 is 0 Å². The molecule has 0 amide bonds. The van der Waals surface area contributed by atoms with E-state index in [1.807, 2.05) is 13.8 Å². The summed E-state index contributed by atoms with van der Waals surface area (Å²) in [6.07, 6.45) is -2.28. The van der Waals surface area contributed by atoms with Gasteiger partial charge in [-0.25, -0.2) is 14.0 Å². The number of alkyl halides is 3. The van der Waals surface area contributed by atoms with E-state index in [0.717, 1.165) is 16.5 Å². The Balaban J connectivity index is 2.20. The van der Waals surface area contributed by atoms with Crippen LogP contribution in [0.5, 0.6) is 0 Å². The number of halogens is 4. The summed E-state index contributed by atoms with van der Waals surface area (Å²) in [5.41, 5.74) is 0.241. The van der Waals surface area contributed by atoms with Crippen LogP contribution in [0.25, 0.3) is 16.4 Å². The van der Waals surface area contributed by atoms with E-state index in [-0.39, 0.29) is 10.7 Å². The highest BCUT2D eigenvalue weighted by Gasteiger charge is 2.34. The summed E-state index contributed by atoms with van der Waals surface area (Å²) in [5, 5.41) is 3.97. The fraction of sp³-hybridized carbons (Fsp3) is 0.267. The van der Waals surface area contributed by atoms with Crippen molar-refractivity contribution in [2.24, 2.45) is 0 Å². The normalized spacial score (nSPS) is 11.9. The summed E-state index contributed by atoms with van der Waals surface area (Å²) >= 11 is 6.92. The topological polar surface area (TPSA) is 43.6 Å². The van der Waals surface area contributed by atoms with Crippen molar-refractivity contribution in [1.82, 2.24) is 19.1 Å². The third-order valence-corrected chi connectivity index (χ3v) is 4.65. The average molecular weight is 373 g/mol. The molecule has 0 radical (unpaired) electrons. The summed E-state index contributed by atoms with van der Waals surface area (Å²) in [4.78, 5) is 5.20. The van der Waals surface area contributed by atoms with Crippen LogP contribution in [0.3, 0.4) is 0 Å². The highest BCUT2D eigenvalue weighted by molar-refractivity contribution is 7.09. The van der Waals surface area contributed by atoms with Crippen molar-refractivity contribution >= 4 is 23.1 Å². The Kier molecular flexibility index (Phi) is 4.35. The molecular weight excluding hydrogens is 361 g/mol. The van der Waals surface area contributed by atoms with Gasteiger partial charge in [-0.15, -0.1) is 0 Å². The van der Waals surface area contributed by atoms with E-state index in [4.69, 9.17) is 11.6 Å². The summed E-state index contributed by atoms with van der Waals surface area (Å²) < 4.78 is 44.9. The lowest BCUT2D eigenvalue weighted by Gasteiger charge is -2.12. The molecule has 0 unspecified atom stereocenters. The first-order valence-electron chi connectivity index (χ1n) is 7.06. The van der Waals surface area contributed by atoms with Crippen molar-refractivity contribution in [2.75, 3.05) is 0 Å². The fourth-order valence-electron chi connectivity index (χ4n) is 2.20. The van der Waals surface area contributed by atoms with Crippen molar-refractivity contribution in [2.45, 2.75) is 26.4 Å². The Labute approximate surface area is 145 Å². The molecule has 0 saturated carbocycles. The fourth-order valence-corrected chi connectivity index (χ4v) is 3.15. The summed E-state index contributed by atoms with van der Waals surface area (Å²) in [5.74, 6) is 1.02. The lowest BCUT2D eigenvalue weighted by molar-refractivity contribution is -0.137. The van der Waals surface area contributed by atoms with E-state index in [1.165, 1.54) is 28.3 Å². The van der Waals surface area contributed by atoms with E-state index in [0.29, 0.717) is 18.1 Å². The monoisotopic (exact) mass is 372 g/mol. The number of aromatic nitrogens is 4. The summed E-state index contributed by atoms with van der Waals surface area (Å²) in [7, 11) is 0. The van der Waals surface area contributed by atoms with Crippen LogP contribution in [0.2, 0.25) is 5.02 Å². The van der Waals surface area contributed by atoms with Gasteiger partial charge < -0.3 is 0 Å². The Hall–Kier alpha value is -1.93. The van der Waals surface area contributed by atoms with Gasteiger partial charge in [0, 0.05) is 12.6 Å². The van der Waals surface area contributed by atoms with Crippen LogP contribution in [-0.2, 0) is 12.6 Å². The lowest BCUT2D eigenvalue weighted by Crippen LogP contribution is -2.08. The highest BCUT2D eigenvalue weighted by atomic mass is 35.5. The zero-order valence-corrected chi connectivity index (χ0v) is 14.3. The molecule has 0 spiro atoms. The van der Waals surface area contributed by atoms with Gasteiger partial charge in [0.25, 0.3) is 0 Å². The molecule has 3 aromatic rings. The maximum absolute atomic E-state index is 13.1. The number of hydrogen-bond donors (Lipinski definition) is 0. The molecule has 24 heavy (non-hydrogen) atoms. The molecule has 0 aliphatic rings. The molecule has 0 aliphatic heterocycles. The number of rotatable bonds is 3. The van der Waals surface area contributed by atoms with Crippen LogP contribution >= 0.6 is 23.1 Å². The molecular formula is C15H12ClF3N4S. The van der Waals surface area contributed by atoms with Gasteiger partial charge >= 0.3 is 6.18 Å². The van der Waals surface area contributed by atoms with Crippen LogP contribution in [0.4, 0.5) is 13.2 Å². The largest absolute Gasteiger partial charge is 0.417 e. The SMILES string of the molecule is CCc1nc(-c2sncc2C)n(-c2ccc(Cl)c(C(F)(F)F)c2)n1. The van der Waals surface area contributed by atoms with Crippen molar-refractivity contribution in [3.63, 3.8) is 0 Å². The first-order chi connectivity index (χ1) is 11.3. The van der Waals surface area contributed by atoms with Crippen LogP contribution in [0.1, 0.15) is 23.9 Å². The van der Waals surface area contributed by atoms with Crippen molar-refractivity contribution in [3.8, 4) is 16.4 Å². The third-order valence-electron chi connectivity index (χ3n) is 3.42. The van der Waals surface area contributed by atoms with E-state index in [9.17, 15) is 13.2 Å². The van der Waals surface area contributed by atoms with Crippen molar-refractivity contribution in [1.29, 1.82) is 0 Å². The summed E-state index contributed by atoms with van der Waals surface area (Å²) in [6.45, 7) is 3.75. The minimum atomic E-state index is -4.54. The Morgan fingerprint density at radius 3 is 2.62 bits per heavy atom. The van der Waals surface area contributed by atoms with Crippen molar-refractivity contribution in [3.05, 3.63) is 46.4 Å². The van der Waals surface area contributed by atoms with Gasteiger partial charge in [0.15, 0.2) is 11.6 Å². The quantitative estimate of drug-likeness (QED) is 0.654. The number of hydrogen-bond acceptors (Lipinski definition) is 4. The van der Waals surface area contributed by atoms with Gasteiger partial charge in [-0.1, -0.05) is 18.5 Å². The molecule has 3 rings (SSSR count). The second-order valence-electron chi connectivity index (χ2n) is 5.12. The van der Waals surface area contributed by atoms with Gasteiger partial charge in [0.2, 0.25) is 0 Å². The number of nitrogens with zero attached hydrogens (tertiary/aromatic N) is 4. The second-order valence-corrected chi connectivity index (χ2v) is 6.33. The third kappa shape index (κ3) is 3.03. The molecule has 0 N–H and O–H groups in total. The van der Waals surface area contributed by atoms with Crippen LogP contribution in [0.15, 0.2) is 24.4 Å². The van der Waals surface area contributed by atoms with E-state index >= 15 is 0 Å². The Morgan fingerprint density at radius 2 is 2.04 bits per heavy atom. The standard InChI is InChI=1S/C15H12ClF3N4S/c1-3-12-21-14(13-8(2)7-20-24-13)23(22-12)9-4-5-11(16)10(6-9)15(17,18)19/h4-7H,3H2,1-2H3. The number of benzene rings is 1. The van der Waals surface area contributed by atoms with Gasteiger partial charge in [-0.2, -0.15) is 18.3 Å². The first kappa shape index (κ1) is 16.9. The maximum Gasteiger partial charge on any atom is 0.417 e. The van der Waals surface area contributed by atoms with E-state index in [1.54, 1.807) is 6.20 Å². The lowest BCUT2D eigenvalue weighted by atomic mass is 10.2. The molecule has 9 heteroatoms. The van der Waals surface area contributed by atoms with Crippen LogP contribution in [0, 0.1) is 6.92 Å². The van der Waals surface area contributed by atoms with Gasteiger partial charge in [-0.05, 0) is 42.2 Å². The van der Waals surface area contributed by atoms with Gasteiger partial charge in [-0.3, -0.25) is 0 Å². The zero-order chi connectivity index (χ0) is 17.5. The molecule has 0 aliphatic carbocycles. The molecule has 126 valence electrons. The highest BCUT2D eigenvalue weighted by Crippen LogP contribution is 2.36. The molecule has 4 nitrogen and oxygen atoms in total. The molecule has 2 aromatic heterocycles. The van der Waals surface area contributed by atoms with Crippen molar-refractivity contribution < 1.29 is 13.2 Å². The van der Waals surface area contributed by atoms with Crippen LogP contribution in [-0.4, -0.2) is 19.1 Å². The second kappa shape index (κ2) is 6.18. The Morgan fingerprint density at radius 1 is 1.29 bits per heavy atom. The van der Waals surface area contributed by atoms with Gasteiger partial charge in [0.1, 0.15) is 0 Å². The minimum absolute atomic E-state index is 0.252. The smallest absolute Gasteiger partial charge is 0.212 e. The molecule has 1 aromatic carbocycles. The van der Waals surface area contributed by atoms with E-state index < -0.39 is 11.7 Å².